The number of rotatable bonds is 4. The lowest BCUT2D eigenvalue weighted by atomic mass is 10.3. The van der Waals surface area contributed by atoms with Crippen LogP contribution in [0.3, 0.4) is 0 Å². The first-order valence-electron chi connectivity index (χ1n) is 5.01. The van der Waals surface area contributed by atoms with Crippen LogP contribution in [-0.2, 0) is 13.5 Å². The molecule has 0 aliphatic heterocycles. The summed E-state index contributed by atoms with van der Waals surface area (Å²) in [7, 11) is 1.87. The number of carbonyl (C=O) groups is 1. The van der Waals surface area contributed by atoms with Crippen LogP contribution in [-0.4, -0.2) is 32.4 Å². The fourth-order valence-corrected chi connectivity index (χ4v) is 1.38. The molecule has 0 radical (unpaired) electrons. The van der Waals surface area contributed by atoms with Gasteiger partial charge in [0.25, 0.3) is 5.91 Å². The van der Waals surface area contributed by atoms with E-state index in [1.165, 1.54) is 6.20 Å². The Morgan fingerprint density at radius 1 is 1.62 bits per heavy atom. The molecule has 16 heavy (non-hydrogen) atoms. The molecule has 2 rings (SSSR count). The highest BCUT2D eigenvalue weighted by Gasteiger charge is 2.05. The van der Waals surface area contributed by atoms with Crippen LogP contribution < -0.4 is 5.32 Å². The molecule has 0 bridgehead atoms. The molecule has 0 unspecified atom stereocenters. The largest absolute Gasteiger partial charge is 0.352 e. The maximum atomic E-state index is 11.5. The molecule has 2 aromatic heterocycles. The zero-order valence-corrected chi connectivity index (χ0v) is 8.97. The van der Waals surface area contributed by atoms with Crippen molar-refractivity contribution in [3.8, 4) is 0 Å². The van der Waals surface area contributed by atoms with E-state index in [1.807, 2.05) is 19.3 Å². The molecule has 0 aromatic carbocycles. The van der Waals surface area contributed by atoms with E-state index in [2.05, 4.69) is 20.6 Å². The van der Waals surface area contributed by atoms with Crippen LogP contribution in [0, 0.1) is 0 Å². The summed E-state index contributed by atoms with van der Waals surface area (Å²) in [6, 6.07) is 1.93. The van der Waals surface area contributed by atoms with E-state index < -0.39 is 0 Å². The Hall–Kier alpha value is -2.11. The van der Waals surface area contributed by atoms with Crippen molar-refractivity contribution in [3.05, 3.63) is 35.9 Å². The van der Waals surface area contributed by atoms with E-state index in [1.54, 1.807) is 10.9 Å². The molecule has 0 aliphatic rings. The van der Waals surface area contributed by atoms with Crippen LogP contribution >= 0.6 is 0 Å². The second-order valence-electron chi connectivity index (χ2n) is 3.47. The van der Waals surface area contributed by atoms with Crippen LogP contribution in [0.1, 0.15) is 16.1 Å². The number of nitrogens with one attached hydrogen (secondary N) is 2. The first-order chi connectivity index (χ1) is 7.75. The number of hydrogen-bond donors (Lipinski definition) is 2. The predicted octanol–water partition coefficient (Wildman–Crippen LogP) is 0.116. The normalized spacial score (nSPS) is 10.3. The van der Waals surface area contributed by atoms with Crippen LogP contribution in [0.5, 0.6) is 0 Å². The minimum atomic E-state index is -0.121. The summed E-state index contributed by atoms with van der Waals surface area (Å²) in [6.07, 6.45) is 5.67. The Balaban J connectivity index is 1.78. The number of amides is 1. The van der Waals surface area contributed by atoms with Crippen molar-refractivity contribution in [2.45, 2.75) is 6.42 Å². The summed E-state index contributed by atoms with van der Waals surface area (Å²) in [5.74, 6) is -0.121. The topological polar surface area (TPSA) is 75.6 Å². The third-order valence-corrected chi connectivity index (χ3v) is 2.20. The van der Waals surface area contributed by atoms with Crippen molar-refractivity contribution in [2.24, 2.45) is 7.05 Å². The zero-order chi connectivity index (χ0) is 11.4. The molecular formula is C10H13N5O. The smallest absolute Gasteiger partial charge is 0.254 e. The highest BCUT2D eigenvalue weighted by molar-refractivity contribution is 5.93. The molecule has 0 spiro atoms. The van der Waals surface area contributed by atoms with Gasteiger partial charge in [-0.25, -0.2) is 0 Å². The number of H-pyrrole nitrogens is 1. The lowest BCUT2D eigenvalue weighted by Crippen LogP contribution is -2.25. The van der Waals surface area contributed by atoms with E-state index in [0.29, 0.717) is 12.1 Å². The van der Waals surface area contributed by atoms with Gasteiger partial charge in [-0.05, 0) is 6.07 Å². The fourth-order valence-electron chi connectivity index (χ4n) is 1.38. The molecule has 0 fully saturated rings. The fraction of sp³-hybridized carbons (Fsp3) is 0.300. The maximum Gasteiger partial charge on any atom is 0.254 e. The number of aromatic amines is 1. The van der Waals surface area contributed by atoms with Crippen molar-refractivity contribution < 1.29 is 4.79 Å². The van der Waals surface area contributed by atoms with Crippen molar-refractivity contribution in [2.75, 3.05) is 6.54 Å². The minimum absolute atomic E-state index is 0.121. The molecule has 0 atom stereocenters. The highest BCUT2D eigenvalue weighted by atomic mass is 16.1. The summed E-state index contributed by atoms with van der Waals surface area (Å²) in [5, 5.41) is 13.3. The standard InChI is InChI=1S/C10H13N5O/c1-15-5-3-9(14-15)2-4-11-10(16)8-6-12-13-7-8/h3,5-7H,2,4H2,1H3,(H,11,16)(H,12,13). The molecule has 2 aromatic rings. The monoisotopic (exact) mass is 219 g/mol. The second-order valence-corrected chi connectivity index (χ2v) is 3.47. The minimum Gasteiger partial charge on any atom is -0.352 e. The summed E-state index contributed by atoms with van der Waals surface area (Å²) in [5.41, 5.74) is 1.51. The van der Waals surface area contributed by atoms with Crippen molar-refractivity contribution in [1.29, 1.82) is 0 Å². The van der Waals surface area contributed by atoms with Gasteiger partial charge in [0.15, 0.2) is 0 Å². The second kappa shape index (κ2) is 4.61. The lowest BCUT2D eigenvalue weighted by Gasteiger charge is -2.00. The molecule has 0 saturated heterocycles. The first kappa shape index (κ1) is 10.4. The van der Waals surface area contributed by atoms with Gasteiger partial charge in [0.2, 0.25) is 0 Å². The number of carbonyl (C=O) groups excluding carboxylic acids is 1. The Labute approximate surface area is 92.7 Å². The zero-order valence-electron chi connectivity index (χ0n) is 8.97. The molecule has 6 heteroatoms. The van der Waals surface area contributed by atoms with Crippen molar-refractivity contribution in [3.63, 3.8) is 0 Å². The van der Waals surface area contributed by atoms with Gasteiger partial charge < -0.3 is 5.32 Å². The summed E-state index contributed by atoms with van der Waals surface area (Å²) >= 11 is 0. The molecule has 84 valence electrons. The average molecular weight is 219 g/mol. The van der Waals surface area contributed by atoms with Gasteiger partial charge in [-0.2, -0.15) is 10.2 Å². The van der Waals surface area contributed by atoms with Crippen molar-refractivity contribution >= 4 is 5.91 Å². The summed E-state index contributed by atoms with van der Waals surface area (Å²) in [6.45, 7) is 0.570. The van der Waals surface area contributed by atoms with Gasteiger partial charge in [-0.1, -0.05) is 0 Å². The summed E-state index contributed by atoms with van der Waals surface area (Å²) < 4.78 is 1.74. The maximum absolute atomic E-state index is 11.5. The molecule has 6 nitrogen and oxygen atoms in total. The summed E-state index contributed by atoms with van der Waals surface area (Å²) in [4.78, 5) is 11.5. The number of aryl methyl sites for hydroxylation is 1. The Morgan fingerprint density at radius 2 is 2.50 bits per heavy atom. The lowest BCUT2D eigenvalue weighted by molar-refractivity contribution is 0.0954. The Kier molecular flexibility index (Phi) is 3.00. The highest BCUT2D eigenvalue weighted by Crippen LogP contribution is 1.96. The van der Waals surface area contributed by atoms with Gasteiger partial charge in [-0.15, -0.1) is 0 Å². The SMILES string of the molecule is Cn1ccc(CCNC(=O)c2cn[nH]c2)n1. The van der Waals surface area contributed by atoms with E-state index >= 15 is 0 Å². The quantitative estimate of drug-likeness (QED) is 0.766. The van der Waals surface area contributed by atoms with Gasteiger partial charge in [0.1, 0.15) is 0 Å². The number of nitrogens with zero attached hydrogens (tertiary/aromatic N) is 3. The van der Waals surface area contributed by atoms with E-state index in [0.717, 1.165) is 12.1 Å². The van der Waals surface area contributed by atoms with Crippen LogP contribution in [0.2, 0.25) is 0 Å². The molecule has 0 aliphatic carbocycles. The Bertz CT molecular complexity index is 459. The van der Waals surface area contributed by atoms with Crippen LogP contribution in [0.15, 0.2) is 24.7 Å². The molecular weight excluding hydrogens is 206 g/mol. The number of hydrogen-bond acceptors (Lipinski definition) is 3. The third kappa shape index (κ3) is 2.47. The number of aromatic nitrogens is 4. The first-order valence-corrected chi connectivity index (χ1v) is 5.01. The van der Waals surface area contributed by atoms with E-state index in [9.17, 15) is 4.79 Å². The molecule has 2 N–H and O–H groups in total. The van der Waals surface area contributed by atoms with E-state index in [-0.39, 0.29) is 5.91 Å². The van der Waals surface area contributed by atoms with Gasteiger partial charge in [0.05, 0.1) is 17.5 Å². The van der Waals surface area contributed by atoms with Gasteiger partial charge in [0, 0.05) is 32.4 Å². The Morgan fingerprint density at radius 3 is 3.12 bits per heavy atom. The molecule has 0 saturated carbocycles. The molecule has 2 heterocycles. The predicted molar refractivity (Wildman–Crippen MR) is 57.8 cm³/mol. The average Bonchev–Trinajstić information content (AvgIpc) is 2.89. The van der Waals surface area contributed by atoms with Gasteiger partial charge in [-0.3, -0.25) is 14.6 Å². The molecule has 1 amide bonds. The third-order valence-electron chi connectivity index (χ3n) is 2.20. The van der Waals surface area contributed by atoms with Crippen LogP contribution in [0.4, 0.5) is 0 Å². The van der Waals surface area contributed by atoms with Crippen LogP contribution in [0.25, 0.3) is 0 Å². The van der Waals surface area contributed by atoms with E-state index in [4.69, 9.17) is 0 Å². The van der Waals surface area contributed by atoms with Crippen molar-refractivity contribution in [1.82, 2.24) is 25.3 Å². The van der Waals surface area contributed by atoms with Gasteiger partial charge >= 0.3 is 0 Å².